The molecule has 0 fully saturated rings. The van der Waals surface area contributed by atoms with Crippen molar-refractivity contribution in [2.24, 2.45) is 5.14 Å². The molecule has 2 rings (SSSR count). The molecular formula is C18H21F3N2O2S. The van der Waals surface area contributed by atoms with Crippen LogP contribution in [0.3, 0.4) is 0 Å². The minimum absolute atomic E-state index is 0.173. The van der Waals surface area contributed by atoms with E-state index in [0.29, 0.717) is 6.54 Å². The molecule has 0 aliphatic carbocycles. The summed E-state index contributed by atoms with van der Waals surface area (Å²) in [6.45, 7) is 6.29. The minimum Gasteiger partial charge on any atom is -0.384 e. The van der Waals surface area contributed by atoms with Crippen LogP contribution in [0.4, 0.5) is 18.9 Å². The molecule has 8 heteroatoms. The third-order valence-electron chi connectivity index (χ3n) is 4.20. The maximum atomic E-state index is 13.2. The molecule has 4 nitrogen and oxygen atoms in total. The number of nitrogens with two attached hydrogens (primary N) is 1. The Morgan fingerprint density at radius 2 is 1.65 bits per heavy atom. The number of aryl methyl sites for hydroxylation is 1. The van der Waals surface area contributed by atoms with Gasteiger partial charge in [-0.1, -0.05) is 38.1 Å². The number of sulfonamides is 1. The molecule has 2 aromatic carbocycles. The predicted octanol–water partition coefficient (Wildman–Crippen LogP) is 4.05. The molecule has 0 atom stereocenters. The molecule has 0 aromatic heterocycles. The summed E-state index contributed by atoms with van der Waals surface area (Å²) >= 11 is 0. The fourth-order valence-electron chi connectivity index (χ4n) is 2.86. The standard InChI is InChI=1S/C18H21F3N2O2S/c1-12-6-4-5-7-14(12)17(2,3)11-23-13-8-9-16(26(22,24)25)15(10-13)18(19,20)21/h4-10,23H,11H2,1-3H3,(H2,22,24,25). The predicted molar refractivity (Wildman–Crippen MR) is 95.5 cm³/mol. The van der Waals surface area contributed by atoms with E-state index in [1.54, 1.807) is 0 Å². The third-order valence-corrected chi connectivity index (χ3v) is 5.17. The Hall–Kier alpha value is -2.06. The molecule has 0 aliphatic heterocycles. The Balaban J connectivity index is 2.32. The maximum Gasteiger partial charge on any atom is 0.417 e. The lowest BCUT2D eigenvalue weighted by Crippen LogP contribution is -2.28. The summed E-state index contributed by atoms with van der Waals surface area (Å²) in [6.07, 6.45) is -4.83. The highest BCUT2D eigenvalue weighted by Gasteiger charge is 2.36. The van der Waals surface area contributed by atoms with Crippen LogP contribution in [0.5, 0.6) is 0 Å². The van der Waals surface area contributed by atoms with Gasteiger partial charge in [-0.2, -0.15) is 13.2 Å². The van der Waals surface area contributed by atoms with Crippen molar-refractivity contribution in [2.75, 3.05) is 11.9 Å². The fraction of sp³-hybridized carbons (Fsp3) is 0.333. The van der Waals surface area contributed by atoms with Gasteiger partial charge >= 0.3 is 6.18 Å². The zero-order valence-corrected chi connectivity index (χ0v) is 15.5. The molecule has 0 radical (unpaired) electrons. The molecular weight excluding hydrogens is 365 g/mol. The SMILES string of the molecule is Cc1ccccc1C(C)(C)CNc1ccc(S(N)(=O)=O)c(C(F)(F)F)c1. The molecule has 142 valence electrons. The van der Waals surface area contributed by atoms with Crippen LogP contribution in [-0.2, 0) is 21.6 Å². The number of hydrogen-bond donors (Lipinski definition) is 2. The minimum atomic E-state index is -4.83. The number of nitrogens with one attached hydrogen (secondary N) is 1. The van der Waals surface area contributed by atoms with E-state index in [1.165, 1.54) is 6.07 Å². The van der Waals surface area contributed by atoms with Crippen molar-refractivity contribution in [3.05, 3.63) is 59.2 Å². The molecule has 0 aliphatic rings. The van der Waals surface area contributed by atoms with E-state index in [2.05, 4.69) is 5.32 Å². The Labute approximate surface area is 151 Å². The summed E-state index contributed by atoms with van der Waals surface area (Å²) in [5.41, 5.74) is 0.706. The lowest BCUT2D eigenvalue weighted by molar-refractivity contribution is -0.139. The van der Waals surface area contributed by atoms with E-state index in [9.17, 15) is 21.6 Å². The molecule has 0 spiro atoms. The Morgan fingerprint density at radius 3 is 2.19 bits per heavy atom. The maximum absolute atomic E-state index is 13.2. The van der Waals surface area contributed by atoms with E-state index < -0.39 is 26.7 Å². The molecule has 0 unspecified atom stereocenters. The van der Waals surface area contributed by atoms with Crippen molar-refractivity contribution in [1.82, 2.24) is 0 Å². The number of halogens is 3. The number of alkyl halides is 3. The van der Waals surface area contributed by atoms with Crippen LogP contribution in [-0.4, -0.2) is 15.0 Å². The molecule has 26 heavy (non-hydrogen) atoms. The van der Waals surface area contributed by atoms with Crippen molar-refractivity contribution in [3.63, 3.8) is 0 Å². The second kappa shape index (κ2) is 6.92. The second-order valence-electron chi connectivity index (χ2n) is 6.81. The summed E-state index contributed by atoms with van der Waals surface area (Å²) in [6, 6.07) is 10.7. The Kier molecular flexibility index (Phi) is 5.39. The van der Waals surface area contributed by atoms with E-state index >= 15 is 0 Å². The van der Waals surface area contributed by atoms with Gasteiger partial charge in [-0.05, 0) is 36.2 Å². The summed E-state index contributed by atoms with van der Waals surface area (Å²) < 4.78 is 62.4. The van der Waals surface area contributed by atoms with Crippen LogP contribution < -0.4 is 10.5 Å². The van der Waals surface area contributed by atoms with Gasteiger partial charge in [0.25, 0.3) is 0 Å². The van der Waals surface area contributed by atoms with Gasteiger partial charge in [-0.15, -0.1) is 0 Å². The van der Waals surface area contributed by atoms with Gasteiger partial charge in [0, 0.05) is 17.6 Å². The van der Waals surface area contributed by atoms with E-state index in [-0.39, 0.29) is 11.1 Å². The van der Waals surface area contributed by atoms with Gasteiger partial charge in [-0.25, -0.2) is 13.6 Å². The van der Waals surface area contributed by atoms with Crippen LogP contribution in [0, 0.1) is 6.92 Å². The summed E-state index contributed by atoms with van der Waals surface area (Å²) in [5, 5.41) is 7.86. The number of primary sulfonamides is 1. The van der Waals surface area contributed by atoms with Crippen molar-refractivity contribution < 1.29 is 21.6 Å². The van der Waals surface area contributed by atoms with Crippen molar-refractivity contribution in [1.29, 1.82) is 0 Å². The van der Waals surface area contributed by atoms with Crippen LogP contribution in [0.2, 0.25) is 0 Å². The fourth-order valence-corrected chi connectivity index (χ4v) is 3.60. The third kappa shape index (κ3) is 4.56. The summed E-state index contributed by atoms with van der Waals surface area (Å²) in [7, 11) is -4.47. The first-order valence-electron chi connectivity index (χ1n) is 7.86. The van der Waals surface area contributed by atoms with Gasteiger partial charge < -0.3 is 5.32 Å². The van der Waals surface area contributed by atoms with Gasteiger partial charge in [-0.3, -0.25) is 0 Å². The lowest BCUT2D eigenvalue weighted by Gasteiger charge is -2.28. The zero-order chi connectivity index (χ0) is 19.8. The van der Waals surface area contributed by atoms with E-state index in [0.717, 1.165) is 23.3 Å². The summed E-state index contributed by atoms with van der Waals surface area (Å²) in [5.74, 6) is 0. The van der Waals surface area contributed by atoms with Gasteiger partial charge in [0.1, 0.15) is 0 Å². The number of rotatable bonds is 5. The number of hydrogen-bond acceptors (Lipinski definition) is 3. The molecule has 0 amide bonds. The van der Waals surface area contributed by atoms with Crippen LogP contribution in [0.25, 0.3) is 0 Å². The summed E-state index contributed by atoms with van der Waals surface area (Å²) in [4.78, 5) is -0.936. The topological polar surface area (TPSA) is 72.2 Å². The number of benzene rings is 2. The molecule has 0 saturated carbocycles. The largest absolute Gasteiger partial charge is 0.417 e. The number of anilines is 1. The van der Waals surface area contributed by atoms with Crippen molar-refractivity contribution in [3.8, 4) is 0 Å². The monoisotopic (exact) mass is 386 g/mol. The van der Waals surface area contributed by atoms with Crippen LogP contribution >= 0.6 is 0 Å². The van der Waals surface area contributed by atoms with Crippen LogP contribution in [0.1, 0.15) is 30.5 Å². The quantitative estimate of drug-likeness (QED) is 0.814. The normalized spacial score (nSPS) is 12.9. The van der Waals surface area contributed by atoms with Crippen LogP contribution in [0.15, 0.2) is 47.4 Å². The highest BCUT2D eigenvalue weighted by Crippen LogP contribution is 2.36. The molecule has 3 N–H and O–H groups in total. The Bertz CT molecular complexity index is 907. The van der Waals surface area contributed by atoms with E-state index in [1.807, 2.05) is 45.0 Å². The first-order valence-corrected chi connectivity index (χ1v) is 9.41. The first-order chi connectivity index (χ1) is 11.8. The Morgan fingerprint density at radius 1 is 1.04 bits per heavy atom. The highest BCUT2D eigenvalue weighted by atomic mass is 32.2. The smallest absolute Gasteiger partial charge is 0.384 e. The van der Waals surface area contributed by atoms with E-state index in [4.69, 9.17) is 5.14 Å². The molecule has 0 heterocycles. The average Bonchev–Trinajstić information content (AvgIpc) is 2.51. The van der Waals surface area contributed by atoms with Gasteiger partial charge in [0.05, 0.1) is 10.5 Å². The average molecular weight is 386 g/mol. The zero-order valence-electron chi connectivity index (χ0n) is 14.7. The molecule has 0 saturated heterocycles. The first kappa shape index (κ1) is 20.3. The second-order valence-corrected chi connectivity index (χ2v) is 8.34. The van der Waals surface area contributed by atoms with Crippen molar-refractivity contribution >= 4 is 15.7 Å². The highest BCUT2D eigenvalue weighted by molar-refractivity contribution is 7.89. The van der Waals surface area contributed by atoms with Crippen molar-refractivity contribution in [2.45, 2.75) is 37.3 Å². The van der Waals surface area contributed by atoms with Gasteiger partial charge in [0.15, 0.2) is 0 Å². The van der Waals surface area contributed by atoms with Gasteiger partial charge in [0.2, 0.25) is 10.0 Å². The molecule has 2 aromatic rings. The molecule has 0 bridgehead atoms. The lowest BCUT2D eigenvalue weighted by atomic mass is 9.82.